The van der Waals surface area contributed by atoms with Gasteiger partial charge in [-0.15, -0.1) is 0 Å². The standard InChI is InChI=1S/C15H18F3N5O3S/c1-4-22(14(24)10-21(3)27(25,26)15(16,17)18)13-9-23(20-11(13)2)12-6-5-7-19-8-12/h5-9H,4,10H2,1-3H3. The van der Waals surface area contributed by atoms with Gasteiger partial charge in [0.15, 0.2) is 0 Å². The molecule has 2 aromatic heterocycles. The number of carbonyl (C=O) groups is 1. The van der Waals surface area contributed by atoms with E-state index >= 15 is 0 Å². The summed E-state index contributed by atoms with van der Waals surface area (Å²) in [5.74, 6) is -0.804. The minimum Gasteiger partial charge on any atom is -0.308 e. The van der Waals surface area contributed by atoms with E-state index < -0.39 is 28.0 Å². The lowest BCUT2D eigenvalue weighted by atomic mass is 10.3. The van der Waals surface area contributed by atoms with Crippen LogP contribution < -0.4 is 4.90 Å². The third-order valence-electron chi connectivity index (χ3n) is 3.75. The van der Waals surface area contributed by atoms with Crippen LogP contribution in [0, 0.1) is 6.92 Å². The molecular formula is C15H18F3N5O3S. The van der Waals surface area contributed by atoms with E-state index in [1.54, 1.807) is 38.4 Å². The van der Waals surface area contributed by atoms with Gasteiger partial charge in [-0.2, -0.15) is 22.6 Å². The molecule has 0 N–H and O–H groups in total. The summed E-state index contributed by atoms with van der Waals surface area (Å²) in [4.78, 5) is 17.6. The van der Waals surface area contributed by atoms with E-state index in [2.05, 4.69) is 10.1 Å². The molecule has 1 amide bonds. The van der Waals surface area contributed by atoms with Gasteiger partial charge in [0.1, 0.15) is 0 Å². The third kappa shape index (κ3) is 4.27. The van der Waals surface area contributed by atoms with Gasteiger partial charge in [-0.05, 0) is 26.0 Å². The van der Waals surface area contributed by atoms with Crippen LogP contribution in [-0.2, 0) is 14.8 Å². The first kappa shape index (κ1) is 20.8. The molecule has 0 radical (unpaired) electrons. The van der Waals surface area contributed by atoms with Gasteiger partial charge in [0.05, 0.1) is 36.0 Å². The molecule has 0 saturated heterocycles. The quantitative estimate of drug-likeness (QED) is 0.730. The zero-order valence-corrected chi connectivity index (χ0v) is 15.6. The fourth-order valence-electron chi connectivity index (χ4n) is 2.36. The minimum absolute atomic E-state index is 0.0150. The van der Waals surface area contributed by atoms with E-state index in [0.29, 0.717) is 24.1 Å². The van der Waals surface area contributed by atoms with Crippen molar-refractivity contribution >= 4 is 21.6 Å². The second-order valence-electron chi connectivity index (χ2n) is 5.60. The van der Waals surface area contributed by atoms with Crippen LogP contribution in [0.2, 0.25) is 0 Å². The number of pyridine rings is 1. The van der Waals surface area contributed by atoms with Crippen molar-refractivity contribution < 1.29 is 26.4 Å². The first-order chi connectivity index (χ1) is 12.5. The van der Waals surface area contributed by atoms with Crippen molar-refractivity contribution in [2.45, 2.75) is 19.4 Å². The van der Waals surface area contributed by atoms with Gasteiger partial charge in [-0.25, -0.2) is 13.1 Å². The Morgan fingerprint density at radius 3 is 2.52 bits per heavy atom. The fourth-order valence-corrected chi connectivity index (χ4v) is 2.99. The van der Waals surface area contributed by atoms with Crippen LogP contribution in [0.15, 0.2) is 30.7 Å². The number of halogens is 3. The number of anilines is 1. The summed E-state index contributed by atoms with van der Waals surface area (Å²) in [5.41, 5.74) is -4.02. The molecule has 0 aliphatic heterocycles. The number of amides is 1. The second-order valence-corrected chi connectivity index (χ2v) is 7.64. The Morgan fingerprint density at radius 2 is 2.00 bits per heavy atom. The van der Waals surface area contributed by atoms with E-state index in [9.17, 15) is 26.4 Å². The summed E-state index contributed by atoms with van der Waals surface area (Å²) >= 11 is 0. The molecule has 0 atom stereocenters. The first-order valence-corrected chi connectivity index (χ1v) is 9.22. The van der Waals surface area contributed by atoms with Gasteiger partial charge in [0.2, 0.25) is 5.91 Å². The zero-order valence-electron chi connectivity index (χ0n) is 14.8. The van der Waals surface area contributed by atoms with Gasteiger partial charge >= 0.3 is 15.5 Å². The second kappa shape index (κ2) is 7.64. The molecule has 27 heavy (non-hydrogen) atoms. The molecule has 0 aliphatic carbocycles. The SMILES string of the molecule is CCN(C(=O)CN(C)S(=O)(=O)C(F)(F)F)c1cn(-c2cccnc2)nc1C. The first-order valence-electron chi connectivity index (χ1n) is 7.78. The van der Waals surface area contributed by atoms with Gasteiger partial charge in [0.25, 0.3) is 0 Å². The Balaban J connectivity index is 2.27. The van der Waals surface area contributed by atoms with E-state index in [-0.39, 0.29) is 10.8 Å². The van der Waals surface area contributed by atoms with E-state index in [0.717, 1.165) is 0 Å². The number of hydrogen-bond acceptors (Lipinski definition) is 5. The molecule has 12 heteroatoms. The number of likely N-dealkylation sites (N-methyl/N-ethyl adjacent to an activating group) is 2. The van der Waals surface area contributed by atoms with Crippen LogP contribution in [0.5, 0.6) is 0 Å². The lowest BCUT2D eigenvalue weighted by Crippen LogP contribution is -2.45. The van der Waals surface area contributed by atoms with Crippen molar-refractivity contribution in [3.05, 3.63) is 36.4 Å². The Labute approximate surface area is 154 Å². The number of alkyl halides is 3. The highest BCUT2D eigenvalue weighted by Crippen LogP contribution is 2.26. The predicted molar refractivity (Wildman–Crippen MR) is 91.7 cm³/mol. The van der Waals surface area contributed by atoms with Crippen molar-refractivity contribution in [2.75, 3.05) is 25.0 Å². The average molecular weight is 405 g/mol. The summed E-state index contributed by atoms with van der Waals surface area (Å²) in [6.45, 7) is 2.43. The molecule has 148 valence electrons. The molecule has 8 nitrogen and oxygen atoms in total. The predicted octanol–water partition coefficient (Wildman–Crippen LogP) is 1.71. The third-order valence-corrected chi connectivity index (χ3v) is 5.29. The Bertz CT molecular complexity index is 913. The number of aromatic nitrogens is 3. The largest absolute Gasteiger partial charge is 0.511 e. The molecule has 0 aromatic carbocycles. The molecule has 0 aliphatic rings. The smallest absolute Gasteiger partial charge is 0.308 e. The molecule has 2 heterocycles. The summed E-state index contributed by atoms with van der Waals surface area (Å²) in [5, 5.41) is 4.27. The van der Waals surface area contributed by atoms with E-state index in [1.807, 2.05) is 0 Å². The lowest BCUT2D eigenvalue weighted by molar-refractivity contribution is -0.118. The fraction of sp³-hybridized carbons (Fsp3) is 0.400. The van der Waals surface area contributed by atoms with E-state index in [4.69, 9.17) is 0 Å². The Hall–Kier alpha value is -2.47. The van der Waals surface area contributed by atoms with Crippen LogP contribution in [0.4, 0.5) is 18.9 Å². The zero-order chi connectivity index (χ0) is 20.4. The number of rotatable bonds is 6. The van der Waals surface area contributed by atoms with Crippen molar-refractivity contribution in [1.82, 2.24) is 19.1 Å². The highest BCUT2D eigenvalue weighted by Gasteiger charge is 2.49. The highest BCUT2D eigenvalue weighted by atomic mass is 32.2. The summed E-state index contributed by atoms with van der Waals surface area (Å²) in [6, 6.07) is 3.44. The molecule has 0 spiro atoms. The lowest BCUT2D eigenvalue weighted by Gasteiger charge is -2.24. The number of sulfonamides is 1. The van der Waals surface area contributed by atoms with Crippen molar-refractivity contribution in [3.8, 4) is 5.69 Å². The van der Waals surface area contributed by atoms with Crippen molar-refractivity contribution in [3.63, 3.8) is 0 Å². The van der Waals surface area contributed by atoms with Crippen LogP contribution in [0.3, 0.4) is 0 Å². The molecule has 0 bridgehead atoms. The normalized spacial score (nSPS) is 12.4. The number of aryl methyl sites for hydroxylation is 1. The highest BCUT2D eigenvalue weighted by molar-refractivity contribution is 7.90. The van der Waals surface area contributed by atoms with E-state index in [1.165, 1.54) is 15.8 Å². The Morgan fingerprint density at radius 1 is 1.33 bits per heavy atom. The van der Waals surface area contributed by atoms with Gasteiger partial charge in [-0.3, -0.25) is 9.78 Å². The van der Waals surface area contributed by atoms with Crippen LogP contribution >= 0.6 is 0 Å². The summed E-state index contributed by atoms with van der Waals surface area (Å²) in [6.07, 6.45) is 4.67. The molecule has 0 fully saturated rings. The molecule has 2 rings (SSSR count). The molecule has 0 unspecified atom stereocenters. The summed E-state index contributed by atoms with van der Waals surface area (Å²) in [7, 11) is -4.88. The number of carbonyl (C=O) groups excluding carboxylic acids is 1. The maximum Gasteiger partial charge on any atom is 0.511 e. The Kier molecular flexibility index (Phi) is 5.90. The monoisotopic (exact) mass is 405 g/mol. The van der Waals surface area contributed by atoms with Gasteiger partial charge in [-0.1, -0.05) is 0 Å². The van der Waals surface area contributed by atoms with Crippen molar-refractivity contribution in [1.29, 1.82) is 0 Å². The van der Waals surface area contributed by atoms with Crippen LogP contribution in [-0.4, -0.2) is 59.0 Å². The maximum atomic E-state index is 12.6. The van der Waals surface area contributed by atoms with Crippen molar-refractivity contribution in [2.24, 2.45) is 0 Å². The average Bonchev–Trinajstić information content (AvgIpc) is 2.97. The molecule has 0 saturated carbocycles. The number of hydrogen-bond donors (Lipinski definition) is 0. The molecule has 2 aromatic rings. The number of nitrogens with zero attached hydrogens (tertiary/aromatic N) is 5. The summed E-state index contributed by atoms with van der Waals surface area (Å²) < 4.78 is 62.1. The maximum absolute atomic E-state index is 12.6. The molecular weight excluding hydrogens is 387 g/mol. The van der Waals surface area contributed by atoms with Gasteiger partial charge < -0.3 is 4.90 Å². The topological polar surface area (TPSA) is 88.4 Å². The van der Waals surface area contributed by atoms with Crippen LogP contribution in [0.25, 0.3) is 5.69 Å². The minimum atomic E-state index is -5.59. The van der Waals surface area contributed by atoms with Crippen LogP contribution in [0.1, 0.15) is 12.6 Å². The van der Waals surface area contributed by atoms with Gasteiger partial charge in [0, 0.05) is 19.8 Å².